The van der Waals surface area contributed by atoms with Gasteiger partial charge in [-0.2, -0.15) is 0 Å². The van der Waals surface area contributed by atoms with Gasteiger partial charge in [0.25, 0.3) is 5.91 Å². The Kier molecular flexibility index (Phi) is 6.94. The van der Waals surface area contributed by atoms with Crippen LogP contribution in [0, 0.1) is 5.92 Å². The first-order valence-corrected chi connectivity index (χ1v) is 10.1. The average Bonchev–Trinajstić information content (AvgIpc) is 2.69. The second-order valence-corrected chi connectivity index (χ2v) is 7.81. The number of hydrogen-bond donors (Lipinski definition) is 2. The van der Waals surface area contributed by atoms with Gasteiger partial charge in [0, 0.05) is 18.2 Å². The lowest BCUT2D eigenvalue weighted by Crippen LogP contribution is -2.39. The van der Waals surface area contributed by atoms with Gasteiger partial charge in [-0.3, -0.25) is 9.59 Å². The molecule has 0 atom stereocenters. The summed E-state index contributed by atoms with van der Waals surface area (Å²) in [5.41, 5.74) is 7.61. The molecule has 3 N–H and O–H groups in total. The zero-order valence-electron chi connectivity index (χ0n) is 15.5. The molecule has 7 heteroatoms. The Labute approximate surface area is 174 Å². The molecule has 3 rings (SSSR count). The van der Waals surface area contributed by atoms with Gasteiger partial charge in [-0.05, 0) is 62.2 Å². The second kappa shape index (κ2) is 9.41. The van der Waals surface area contributed by atoms with Gasteiger partial charge in [0.1, 0.15) is 0 Å². The van der Waals surface area contributed by atoms with E-state index >= 15 is 0 Å². The number of likely N-dealkylation sites (tertiary alicyclic amines) is 1. The van der Waals surface area contributed by atoms with Crippen LogP contribution in [-0.4, -0.2) is 36.3 Å². The van der Waals surface area contributed by atoms with Crippen LogP contribution in [0.2, 0.25) is 10.0 Å². The fourth-order valence-electron chi connectivity index (χ4n) is 3.36. The van der Waals surface area contributed by atoms with Crippen LogP contribution < -0.4 is 11.1 Å². The summed E-state index contributed by atoms with van der Waals surface area (Å²) >= 11 is 12.1. The average molecular weight is 420 g/mol. The van der Waals surface area contributed by atoms with Crippen molar-refractivity contribution in [2.24, 2.45) is 11.7 Å². The number of piperidine rings is 1. The highest BCUT2D eigenvalue weighted by atomic mass is 35.5. The third-order valence-electron chi connectivity index (χ3n) is 5.11. The van der Waals surface area contributed by atoms with E-state index in [4.69, 9.17) is 28.9 Å². The number of nitrogens with one attached hydrogen (secondary N) is 1. The van der Waals surface area contributed by atoms with Crippen LogP contribution in [0.3, 0.4) is 0 Å². The molecular weight excluding hydrogens is 397 g/mol. The van der Waals surface area contributed by atoms with Gasteiger partial charge in [-0.1, -0.05) is 41.4 Å². The highest BCUT2D eigenvalue weighted by Gasteiger charge is 2.22. The molecule has 2 aromatic rings. The minimum absolute atomic E-state index is 0.0205. The molecule has 0 aromatic heterocycles. The van der Waals surface area contributed by atoms with E-state index in [1.807, 2.05) is 24.3 Å². The van der Waals surface area contributed by atoms with E-state index in [1.165, 1.54) is 5.56 Å². The molecule has 1 aliphatic rings. The number of nitrogens with zero attached hydrogens (tertiary/aromatic N) is 1. The third-order valence-corrected chi connectivity index (χ3v) is 5.93. The van der Waals surface area contributed by atoms with Crippen molar-refractivity contribution >= 4 is 40.7 Å². The molecule has 2 aromatic carbocycles. The lowest BCUT2D eigenvalue weighted by atomic mass is 9.96. The first-order valence-electron chi connectivity index (χ1n) is 9.30. The molecule has 28 heavy (non-hydrogen) atoms. The number of anilines is 1. The van der Waals surface area contributed by atoms with Crippen molar-refractivity contribution in [3.63, 3.8) is 0 Å². The van der Waals surface area contributed by atoms with E-state index in [0.717, 1.165) is 38.9 Å². The van der Waals surface area contributed by atoms with E-state index in [-0.39, 0.29) is 22.8 Å². The maximum Gasteiger partial charge on any atom is 0.257 e. The smallest absolute Gasteiger partial charge is 0.257 e. The van der Waals surface area contributed by atoms with Crippen LogP contribution in [-0.2, 0) is 11.2 Å². The number of rotatable bonds is 6. The molecule has 1 aliphatic heterocycles. The number of primary amides is 1. The molecule has 1 heterocycles. The van der Waals surface area contributed by atoms with Gasteiger partial charge in [-0.15, -0.1) is 0 Å². The van der Waals surface area contributed by atoms with Gasteiger partial charge >= 0.3 is 0 Å². The van der Waals surface area contributed by atoms with E-state index in [9.17, 15) is 9.59 Å². The van der Waals surface area contributed by atoms with E-state index in [0.29, 0.717) is 16.3 Å². The fraction of sp³-hybridized carbons (Fsp3) is 0.333. The Morgan fingerprint density at radius 1 is 1.07 bits per heavy atom. The Hall–Kier alpha value is -2.08. The normalized spacial score (nSPS) is 15.4. The van der Waals surface area contributed by atoms with Crippen LogP contribution in [0.1, 0.15) is 28.8 Å². The molecule has 0 unspecified atom stereocenters. The molecule has 0 radical (unpaired) electrons. The summed E-state index contributed by atoms with van der Waals surface area (Å²) in [5.74, 6) is -0.457. The quantitative estimate of drug-likeness (QED) is 0.742. The minimum atomic E-state index is -0.294. The highest BCUT2D eigenvalue weighted by Crippen LogP contribution is 2.26. The van der Waals surface area contributed by atoms with Crippen LogP contribution in [0.4, 0.5) is 5.69 Å². The number of amides is 2. The number of halogens is 2. The van der Waals surface area contributed by atoms with Gasteiger partial charge in [0.2, 0.25) is 5.91 Å². The largest absolute Gasteiger partial charge is 0.369 e. The van der Waals surface area contributed by atoms with E-state index in [1.54, 1.807) is 18.2 Å². The van der Waals surface area contributed by atoms with E-state index < -0.39 is 0 Å². The molecule has 5 nitrogen and oxygen atoms in total. The summed E-state index contributed by atoms with van der Waals surface area (Å²) in [6, 6.07) is 12.7. The molecule has 1 fully saturated rings. The summed E-state index contributed by atoms with van der Waals surface area (Å²) < 4.78 is 0. The van der Waals surface area contributed by atoms with Crippen molar-refractivity contribution in [1.29, 1.82) is 0 Å². The minimum Gasteiger partial charge on any atom is -0.369 e. The lowest BCUT2D eigenvalue weighted by Gasteiger charge is -2.30. The van der Waals surface area contributed by atoms with Crippen molar-refractivity contribution in [3.8, 4) is 0 Å². The maximum absolute atomic E-state index is 12.4. The maximum atomic E-state index is 12.4. The fourth-order valence-corrected chi connectivity index (χ4v) is 3.75. The summed E-state index contributed by atoms with van der Waals surface area (Å²) in [4.78, 5) is 26.0. The Bertz CT molecular complexity index is 847. The van der Waals surface area contributed by atoms with Gasteiger partial charge in [0.15, 0.2) is 0 Å². The van der Waals surface area contributed by atoms with Crippen molar-refractivity contribution in [2.45, 2.75) is 19.3 Å². The summed E-state index contributed by atoms with van der Waals surface area (Å²) in [6.07, 6.45) is 2.59. The molecule has 0 bridgehead atoms. The van der Waals surface area contributed by atoms with E-state index in [2.05, 4.69) is 10.2 Å². The number of hydrogen-bond acceptors (Lipinski definition) is 3. The predicted molar refractivity (Wildman–Crippen MR) is 113 cm³/mol. The summed E-state index contributed by atoms with van der Waals surface area (Å²) in [7, 11) is 0. The zero-order chi connectivity index (χ0) is 20.1. The van der Waals surface area contributed by atoms with Crippen LogP contribution >= 0.6 is 23.2 Å². The van der Waals surface area contributed by atoms with Gasteiger partial charge in [-0.25, -0.2) is 0 Å². The SMILES string of the molecule is NC(=O)C1CCN(CCc2ccc(NC(=O)c3cccc(Cl)c3Cl)cc2)CC1. The highest BCUT2D eigenvalue weighted by molar-refractivity contribution is 6.44. The van der Waals surface area contributed by atoms with Gasteiger partial charge in [0.05, 0.1) is 15.6 Å². The van der Waals surface area contributed by atoms with Crippen molar-refractivity contribution < 1.29 is 9.59 Å². The number of benzene rings is 2. The van der Waals surface area contributed by atoms with Crippen molar-refractivity contribution in [3.05, 3.63) is 63.6 Å². The van der Waals surface area contributed by atoms with Gasteiger partial charge < -0.3 is 16.0 Å². The first-order chi connectivity index (χ1) is 13.4. The Morgan fingerprint density at radius 3 is 2.39 bits per heavy atom. The third kappa shape index (κ3) is 5.25. The summed E-state index contributed by atoms with van der Waals surface area (Å²) in [6.45, 7) is 2.75. The number of carbonyl (C=O) groups is 2. The zero-order valence-corrected chi connectivity index (χ0v) is 17.0. The van der Waals surface area contributed by atoms with Crippen molar-refractivity contribution in [2.75, 3.05) is 25.0 Å². The molecule has 0 aliphatic carbocycles. The van der Waals surface area contributed by atoms with Crippen LogP contribution in [0.25, 0.3) is 0 Å². The topological polar surface area (TPSA) is 75.4 Å². The Morgan fingerprint density at radius 2 is 1.75 bits per heavy atom. The molecule has 2 amide bonds. The molecule has 148 valence electrons. The van der Waals surface area contributed by atoms with Crippen LogP contribution in [0.5, 0.6) is 0 Å². The monoisotopic (exact) mass is 419 g/mol. The molecule has 1 saturated heterocycles. The molecule has 0 spiro atoms. The number of nitrogens with two attached hydrogens (primary N) is 1. The molecular formula is C21H23Cl2N3O2. The second-order valence-electron chi connectivity index (χ2n) is 7.02. The standard InChI is InChI=1S/C21H23Cl2N3O2/c22-18-3-1-2-17(19(18)23)21(28)25-16-6-4-14(5-7-16)8-11-26-12-9-15(10-13-26)20(24)27/h1-7,15H,8-13H2,(H2,24,27)(H,25,28). The lowest BCUT2D eigenvalue weighted by molar-refractivity contribution is -0.123. The first kappa shape index (κ1) is 20.6. The van der Waals surface area contributed by atoms with Crippen LogP contribution in [0.15, 0.2) is 42.5 Å². The number of carbonyl (C=O) groups excluding carboxylic acids is 2. The van der Waals surface area contributed by atoms with Crippen molar-refractivity contribution in [1.82, 2.24) is 4.90 Å². The molecule has 0 saturated carbocycles. The predicted octanol–water partition coefficient (Wildman–Crippen LogP) is 3.99. The summed E-state index contributed by atoms with van der Waals surface area (Å²) in [5, 5.41) is 3.44. The Balaban J connectivity index is 1.50.